The van der Waals surface area contributed by atoms with Gasteiger partial charge in [-0.1, -0.05) is 72.5 Å². The molecule has 0 bridgehead atoms. The van der Waals surface area contributed by atoms with Crippen LogP contribution in [-0.4, -0.2) is 18.2 Å². The van der Waals surface area contributed by atoms with Crippen LogP contribution in [0.15, 0.2) is 29.8 Å². The topological polar surface area (TPSA) is 35.5 Å². The molecule has 5 rings (SSSR count). The highest BCUT2D eigenvalue weighted by Gasteiger charge is 2.59. The summed E-state index contributed by atoms with van der Waals surface area (Å²) in [6.45, 7) is 13.7. The van der Waals surface area contributed by atoms with Crippen LogP contribution in [0.5, 0.6) is 5.75 Å². The van der Waals surface area contributed by atoms with Gasteiger partial charge in [0.05, 0.1) is 11.1 Å². The molecule has 270 valence electrons. The summed E-state index contributed by atoms with van der Waals surface area (Å²) in [5.74, 6) is 2.85. The molecule has 0 heterocycles. The molecular formula is C39H54F6O3. The molecule has 9 heteroatoms. The van der Waals surface area contributed by atoms with Crippen molar-refractivity contribution in [2.75, 3.05) is 0 Å². The summed E-state index contributed by atoms with van der Waals surface area (Å²) < 4.78 is 91.5. The zero-order chi connectivity index (χ0) is 35.2. The van der Waals surface area contributed by atoms with Crippen molar-refractivity contribution in [1.29, 1.82) is 0 Å². The molecule has 0 radical (unpaired) electrons. The van der Waals surface area contributed by atoms with Gasteiger partial charge >= 0.3 is 18.3 Å². The lowest BCUT2D eigenvalue weighted by Gasteiger charge is -2.58. The van der Waals surface area contributed by atoms with Gasteiger partial charge in [0.2, 0.25) is 0 Å². The summed E-state index contributed by atoms with van der Waals surface area (Å²) in [6.07, 6.45) is 2.93. The van der Waals surface area contributed by atoms with Crippen LogP contribution in [0, 0.1) is 46.3 Å². The maximum Gasteiger partial charge on any atom is 0.416 e. The van der Waals surface area contributed by atoms with Gasteiger partial charge in [-0.15, -0.1) is 0 Å². The third-order valence-corrected chi connectivity index (χ3v) is 13.0. The Hall–Kier alpha value is -2.19. The van der Waals surface area contributed by atoms with E-state index >= 15 is 0 Å². The van der Waals surface area contributed by atoms with E-state index in [1.807, 2.05) is 0 Å². The van der Waals surface area contributed by atoms with Crippen LogP contribution in [0.2, 0.25) is 0 Å². The normalized spacial score (nSPS) is 33.3. The molecule has 0 aliphatic heterocycles. The fraction of sp³-hybridized carbons (Fsp3) is 0.769. The van der Waals surface area contributed by atoms with E-state index in [4.69, 9.17) is 9.47 Å². The number of rotatable bonds is 10. The first-order valence-electron chi connectivity index (χ1n) is 18.2. The number of allylic oxidation sites excluding steroid dienone is 1. The van der Waals surface area contributed by atoms with Crippen molar-refractivity contribution in [3.05, 3.63) is 41.0 Å². The fourth-order valence-corrected chi connectivity index (χ4v) is 10.4. The number of fused-ring (bicyclic) bond motifs is 5. The van der Waals surface area contributed by atoms with E-state index < -0.39 is 47.4 Å². The summed E-state index contributed by atoms with van der Waals surface area (Å²) in [5.41, 5.74) is -1.22. The molecule has 3 nitrogen and oxygen atoms in total. The number of hydrogen-bond donors (Lipinski definition) is 0. The smallest absolute Gasteiger partial charge is 0.416 e. The van der Waals surface area contributed by atoms with Crippen LogP contribution in [-0.2, 0) is 21.9 Å². The molecule has 3 fully saturated rings. The molecule has 4 aliphatic rings. The molecule has 0 N–H and O–H groups in total. The van der Waals surface area contributed by atoms with E-state index in [0.717, 1.165) is 36.5 Å². The van der Waals surface area contributed by atoms with Gasteiger partial charge in [-0.05, 0) is 116 Å². The zero-order valence-corrected chi connectivity index (χ0v) is 29.4. The van der Waals surface area contributed by atoms with Crippen LogP contribution in [0.4, 0.5) is 26.3 Å². The van der Waals surface area contributed by atoms with Crippen molar-refractivity contribution >= 4 is 5.97 Å². The van der Waals surface area contributed by atoms with Gasteiger partial charge in [0.1, 0.15) is 11.9 Å². The third-order valence-electron chi connectivity index (χ3n) is 13.0. The highest BCUT2D eigenvalue weighted by Crippen LogP contribution is 2.67. The van der Waals surface area contributed by atoms with Crippen molar-refractivity contribution in [1.82, 2.24) is 0 Å². The first kappa shape index (κ1) is 37.1. The number of hydrogen-bond acceptors (Lipinski definition) is 3. The first-order chi connectivity index (χ1) is 22.4. The third kappa shape index (κ3) is 7.45. The average molecular weight is 685 g/mol. The maximum absolute atomic E-state index is 13.4. The molecule has 9 unspecified atom stereocenters. The second-order valence-corrected chi connectivity index (χ2v) is 16.3. The van der Waals surface area contributed by atoms with Gasteiger partial charge in [-0.25, -0.2) is 4.79 Å². The average Bonchev–Trinajstić information content (AvgIpc) is 3.36. The molecule has 0 saturated heterocycles. The zero-order valence-electron chi connectivity index (χ0n) is 29.4. The van der Waals surface area contributed by atoms with Crippen molar-refractivity contribution in [2.45, 2.75) is 143 Å². The van der Waals surface area contributed by atoms with Gasteiger partial charge < -0.3 is 9.47 Å². The van der Waals surface area contributed by atoms with Gasteiger partial charge in [0.15, 0.2) is 6.10 Å². The SMILES string of the molecule is CCC(Oc1cc(C(F)(F)F)cc(C(F)(F)F)c1)C(=O)OC1CCC2(C)C(=CCC3C2CCC2(C)C(C(C)CCCC(C)C)CCC32)C1. The van der Waals surface area contributed by atoms with Crippen LogP contribution < -0.4 is 4.74 Å². The summed E-state index contributed by atoms with van der Waals surface area (Å²) >= 11 is 0. The minimum Gasteiger partial charge on any atom is -0.479 e. The summed E-state index contributed by atoms with van der Waals surface area (Å²) in [4.78, 5) is 13.2. The van der Waals surface area contributed by atoms with E-state index in [0.29, 0.717) is 42.2 Å². The van der Waals surface area contributed by atoms with E-state index in [1.165, 1.54) is 50.5 Å². The Labute approximate surface area is 282 Å². The van der Waals surface area contributed by atoms with Crippen molar-refractivity contribution in [3.63, 3.8) is 0 Å². The van der Waals surface area contributed by atoms with E-state index in [1.54, 1.807) is 6.92 Å². The van der Waals surface area contributed by atoms with Gasteiger partial charge in [0.25, 0.3) is 0 Å². The first-order valence-corrected chi connectivity index (χ1v) is 18.2. The number of carbonyl (C=O) groups excluding carboxylic acids is 1. The molecule has 1 aromatic carbocycles. The van der Waals surface area contributed by atoms with E-state index in [9.17, 15) is 31.1 Å². The minimum absolute atomic E-state index is 0.0325. The second-order valence-electron chi connectivity index (χ2n) is 16.3. The van der Waals surface area contributed by atoms with Crippen molar-refractivity contribution in [2.24, 2.45) is 46.3 Å². The van der Waals surface area contributed by atoms with Gasteiger partial charge in [-0.3, -0.25) is 0 Å². The highest BCUT2D eigenvalue weighted by atomic mass is 19.4. The Balaban J connectivity index is 1.24. The second kappa shape index (κ2) is 13.8. The van der Waals surface area contributed by atoms with Gasteiger partial charge in [0, 0.05) is 6.42 Å². The molecule has 0 spiro atoms. The number of alkyl halides is 6. The van der Waals surface area contributed by atoms with E-state index in [-0.39, 0.29) is 17.9 Å². The summed E-state index contributed by atoms with van der Waals surface area (Å²) in [7, 11) is 0. The van der Waals surface area contributed by atoms with E-state index in [2.05, 4.69) is 40.7 Å². The number of carbonyl (C=O) groups is 1. The lowest BCUT2D eigenvalue weighted by molar-refractivity contribution is -0.160. The molecule has 3 saturated carbocycles. The number of ether oxygens (including phenoxy) is 2. The number of halogens is 6. The fourth-order valence-electron chi connectivity index (χ4n) is 10.4. The molecule has 48 heavy (non-hydrogen) atoms. The number of benzene rings is 1. The molecule has 4 aliphatic carbocycles. The monoisotopic (exact) mass is 684 g/mol. The minimum atomic E-state index is -5.01. The Bertz CT molecular complexity index is 1300. The quantitative estimate of drug-likeness (QED) is 0.140. The van der Waals surface area contributed by atoms with Crippen LogP contribution in [0.3, 0.4) is 0 Å². The van der Waals surface area contributed by atoms with Crippen molar-refractivity contribution in [3.8, 4) is 5.75 Å². The van der Waals surface area contributed by atoms with Gasteiger partial charge in [-0.2, -0.15) is 26.3 Å². The standard InChI is InChI=1S/C39H54F6O3/c1-7-34(47-29-21-26(38(40,41)42)19-27(22-29)39(43,44)45)35(46)48-28-15-17-36(5)25(20-28)11-12-30-32-14-13-31(24(4)10-8-9-23(2)3)37(32,6)18-16-33(30)36/h11,19,21-24,28,30-34H,7-10,12-18,20H2,1-6H3. The largest absolute Gasteiger partial charge is 0.479 e. The molecule has 0 aromatic heterocycles. The van der Waals surface area contributed by atoms with Crippen LogP contribution in [0.25, 0.3) is 0 Å². The molecule has 9 atom stereocenters. The number of esters is 1. The lowest BCUT2D eigenvalue weighted by atomic mass is 9.47. The Kier molecular flexibility index (Phi) is 10.7. The van der Waals surface area contributed by atoms with Crippen molar-refractivity contribution < 1.29 is 40.6 Å². The Morgan fingerprint density at radius 1 is 0.896 bits per heavy atom. The summed E-state index contributed by atoms with van der Waals surface area (Å²) in [6, 6.07) is 1.03. The predicted octanol–water partition coefficient (Wildman–Crippen LogP) is 11.8. The van der Waals surface area contributed by atoms with Crippen LogP contribution >= 0.6 is 0 Å². The Morgan fingerprint density at radius 3 is 2.17 bits per heavy atom. The summed E-state index contributed by atoms with van der Waals surface area (Å²) in [5, 5.41) is 0. The van der Waals surface area contributed by atoms with Crippen LogP contribution in [0.1, 0.15) is 130 Å². The molecule has 0 amide bonds. The predicted molar refractivity (Wildman–Crippen MR) is 174 cm³/mol. The lowest BCUT2D eigenvalue weighted by Crippen LogP contribution is -2.51. The Morgan fingerprint density at radius 2 is 1.56 bits per heavy atom. The molecular weight excluding hydrogens is 630 g/mol. The molecule has 1 aromatic rings. The maximum atomic E-state index is 13.4. The highest BCUT2D eigenvalue weighted by molar-refractivity contribution is 5.75.